The van der Waals surface area contributed by atoms with Crippen molar-refractivity contribution in [1.82, 2.24) is 14.5 Å². The van der Waals surface area contributed by atoms with Crippen molar-refractivity contribution in [1.29, 1.82) is 5.26 Å². The van der Waals surface area contributed by atoms with E-state index in [2.05, 4.69) is 16.0 Å². The van der Waals surface area contributed by atoms with Crippen molar-refractivity contribution < 1.29 is 27.8 Å². The van der Waals surface area contributed by atoms with Gasteiger partial charge < -0.3 is 18.8 Å². The predicted molar refractivity (Wildman–Crippen MR) is 165 cm³/mol. The van der Waals surface area contributed by atoms with Gasteiger partial charge in [0.15, 0.2) is 0 Å². The molecule has 0 aliphatic heterocycles. The maximum Gasteiger partial charge on any atom is 0.338 e. The minimum Gasteiger partial charge on any atom is -0.473 e. The van der Waals surface area contributed by atoms with Crippen LogP contribution in [0.3, 0.4) is 0 Å². The number of hydrogen-bond donors (Lipinski definition) is 0. The third kappa shape index (κ3) is 7.51. The van der Waals surface area contributed by atoms with Crippen LogP contribution < -0.4 is 4.74 Å². The molecule has 10 heteroatoms. The molecule has 2 aromatic heterocycles. The number of methoxy groups -OCH3 is 1. The molecule has 0 atom stereocenters. The van der Waals surface area contributed by atoms with Gasteiger partial charge in [-0.15, -0.1) is 0 Å². The average molecular weight is 611 g/mol. The van der Waals surface area contributed by atoms with Crippen LogP contribution in [0.1, 0.15) is 53.6 Å². The van der Waals surface area contributed by atoms with Crippen LogP contribution in [0.4, 0.5) is 8.78 Å². The fourth-order valence-electron chi connectivity index (χ4n) is 4.77. The number of esters is 1. The summed E-state index contributed by atoms with van der Waals surface area (Å²) in [7, 11) is 1.57. The second kappa shape index (κ2) is 13.2. The summed E-state index contributed by atoms with van der Waals surface area (Å²) in [6.45, 7) is 6.32. The molecule has 230 valence electrons. The molecule has 0 unspecified atom stereocenters. The van der Waals surface area contributed by atoms with Crippen LogP contribution in [-0.4, -0.2) is 39.8 Å². The van der Waals surface area contributed by atoms with E-state index in [1.807, 2.05) is 4.57 Å². The Morgan fingerprint density at radius 1 is 0.978 bits per heavy atom. The monoisotopic (exact) mass is 610 g/mol. The number of benzene rings is 3. The van der Waals surface area contributed by atoms with Crippen LogP contribution in [0, 0.1) is 23.0 Å². The number of rotatable bonds is 10. The van der Waals surface area contributed by atoms with Crippen molar-refractivity contribution in [3.8, 4) is 23.2 Å². The highest BCUT2D eigenvalue weighted by atomic mass is 19.1. The maximum absolute atomic E-state index is 15.5. The quantitative estimate of drug-likeness (QED) is 0.157. The number of carbonyl (C=O) groups excluding carboxylic acids is 1. The number of fused-ring (bicyclic) bond motifs is 1. The van der Waals surface area contributed by atoms with Gasteiger partial charge in [0, 0.05) is 31.7 Å². The van der Waals surface area contributed by atoms with Crippen LogP contribution in [0.5, 0.6) is 5.88 Å². The van der Waals surface area contributed by atoms with E-state index in [9.17, 15) is 4.79 Å². The first-order valence-electron chi connectivity index (χ1n) is 14.3. The number of halogens is 2. The SMILES string of the molecule is COCCn1c(Cc2cc(F)c(-c3cccc(OCc4ccc(C#N)cc4)n3)cc2F)nc2ccc(C(=O)OC(C)(C)C)cc21. The second-order valence-electron chi connectivity index (χ2n) is 11.4. The minimum atomic E-state index is -0.655. The van der Waals surface area contributed by atoms with E-state index in [1.54, 1.807) is 88.5 Å². The molecule has 5 rings (SSSR count). The van der Waals surface area contributed by atoms with Gasteiger partial charge >= 0.3 is 5.97 Å². The summed E-state index contributed by atoms with van der Waals surface area (Å²) in [6.07, 6.45) is 0.00433. The summed E-state index contributed by atoms with van der Waals surface area (Å²) in [6, 6.07) is 21.2. The third-order valence-electron chi connectivity index (χ3n) is 6.93. The zero-order chi connectivity index (χ0) is 32.1. The molecule has 0 N–H and O–H groups in total. The molecule has 8 nitrogen and oxygen atoms in total. The molecule has 0 amide bonds. The van der Waals surface area contributed by atoms with E-state index in [0.717, 1.165) is 17.7 Å². The van der Waals surface area contributed by atoms with Crippen molar-refractivity contribution in [2.24, 2.45) is 0 Å². The molecule has 45 heavy (non-hydrogen) atoms. The Bertz CT molecular complexity index is 1890. The van der Waals surface area contributed by atoms with Gasteiger partial charge in [-0.2, -0.15) is 5.26 Å². The van der Waals surface area contributed by atoms with Gasteiger partial charge in [0.2, 0.25) is 5.88 Å². The third-order valence-corrected chi connectivity index (χ3v) is 6.93. The number of imidazole rings is 1. The van der Waals surface area contributed by atoms with Gasteiger partial charge in [0.25, 0.3) is 0 Å². The summed E-state index contributed by atoms with van der Waals surface area (Å²) in [4.78, 5) is 21.8. The summed E-state index contributed by atoms with van der Waals surface area (Å²) in [5.41, 5.74) is 2.67. The predicted octanol–water partition coefficient (Wildman–Crippen LogP) is 7.02. The highest BCUT2D eigenvalue weighted by molar-refractivity contribution is 5.94. The van der Waals surface area contributed by atoms with Crippen LogP contribution in [-0.2, 0) is 29.0 Å². The summed E-state index contributed by atoms with van der Waals surface area (Å²) < 4.78 is 49.4. The Kier molecular flexibility index (Phi) is 9.21. The van der Waals surface area contributed by atoms with Crippen molar-refractivity contribution in [2.45, 2.75) is 45.9 Å². The van der Waals surface area contributed by atoms with Gasteiger partial charge in [-0.25, -0.2) is 23.5 Å². The number of ether oxygens (including phenoxy) is 3. The molecule has 0 spiro atoms. The lowest BCUT2D eigenvalue weighted by molar-refractivity contribution is 0.00696. The molecule has 5 aromatic rings. The van der Waals surface area contributed by atoms with E-state index in [4.69, 9.17) is 19.5 Å². The largest absolute Gasteiger partial charge is 0.473 e. The normalized spacial score (nSPS) is 11.4. The molecule has 0 bridgehead atoms. The lowest BCUT2D eigenvalue weighted by Crippen LogP contribution is -2.23. The number of aromatic nitrogens is 3. The molecular weight excluding hydrogens is 578 g/mol. The molecule has 0 saturated carbocycles. The van der Waals surface area contributed by atoms with Crippen molar-refractivity contribution in [3.05, 3.63) is 113 Å². The fourth-order valence-corrected chi connectivity index (χ4v) is 4.77. The fraction of sp³-hybridized carbons (Fsp3) is 0.257. The average Bonchev–Trinajstić information content (AvgIpc) is 3.36. The molecule has 0 fully saturated rings. The van der Waals surface area contributed by atoms with Gasteiger partial charge in [0.05, 0.1) is 40.5 Å². The topological polar surface area (TPSA) is 99.3 Å². The van der Waals surface area contributed by atoms with Gasteiger partial charge in [-0.05, 0) is 80.4 Å². The smallest absolute Gasteiger partial charge is 0.338 e. The zero-order valence-corrected chi connectivity index (χ0v) is 25.4. The van der Waals surface area contributed by atoms with Crippen LogP contribution in [0.15, 0.2) is 72.8 Å². The van der Waals surface area contributed by atoms with E-state index in [-0.39, 0.29) is 35.7 Å². The number of nitrogens with zero attached hydrogens (tertiary/aromatic N) is 4. The van der Waals surface area contributed by atoms with E-state index < -0.39 is 23.2 Å². The zero-order valence-electron chi connectivity index (χ0n) is 25.4. The van der Waals surface area contributed by atoms with Crippen molar-refractivity contribution in [3.63, 3.8) is 0 Å². The number of carbonyl (C=O) groups is 1. The first kappa shape index (κ1) is 31.3. The number of hydrogen-bond acceptors (Lipinski definition) is 7. The number of pyridine rings is 1. The highest BCUT2D eigenvalue weighted by Gasteiger charge is 2.21. The molecule has 0 aliphatic rings. The second-order valence-corrected chi connectivity index (χ2v) is 11.4. The Morgan fingerprint density at radius 3 is 2.47 bits per heavy atom. The van der Waals surface area contributed by atoms with Crippen LogP contribution >= 0.6 is 0 Å². The van der Waals surface area contributed by atoms with E-state index in [1.165, 1.54) is 0 Å². The lowest BCUT2D eigenvalue weighted by atomic mass is 10.0. The first-order valence-corrected chi connectivity index (χ1v) is 14.3. The lowest BCUT2D eigenvalue weighted by Gasteiger charge is -2.19. The molecular formula is C35H32F2N4O4. The Labute approximate surface area is 259 Å². The molecule has 0 radical (unpaired) electrons. The Hall–Kier alpha value is -5.14. The molecule has 0 aliphatic carbocycles. The summed E-state index contributed by atoms with van der Waals surface area (Å²) >= 11 is 0. The summed E-state index contributed by atoms with van der Waals surface area (Å²) in [5, 5.41) is 8.96. The Morgan fingerprint density at radius 2 is 1.76 bits per heavy atom. The van der Waals surface area contributed by atoms with Crippen LogP contribution in [0.2, 0.25) is 0 Å². The maximum atomic E-state index is 15.5. The van der Waals surface area contributed by atoms with Gasteiger partial charge in [-0.1, -0.05) is 18.2 Å². The molecule has 0 saturated heterocycles. The molecule has 3 aromatic carbocycles. The number of nitriles is 1. The van der Waals surface area contributed by atoms with Gasteiger partial charge in [-0.3, -0.25) is 0 Å². The first-order chi connectivity index (χ1) is 21.5. The van der Waals surface area contributed by atoms with Crippen LogP contribution in [0.25, 0.3) is 22.3 Å². The molecule has 2 heterocycles. The minimum absolute atomic E-state index is 0.00433. The van der Waals surface area contributed by atoms with Crippen molar-refractivity contribution in [2.75, 3.05) is 13.7 Å². The van der Waals surface area contributed by atoms with E-state index in [0.29, 0.717) is 41.1 Å². The standard InChI is InChI=1S/C35H32F2N4O4/c1-35(2,3)45-34(42)24-12-13-30-31(17-24)41(14-15-43-4)32(39-30)18-25-16-28(37)26(19-27(25)36)29-6-5-7-33(40-29)44-21-23-10-8-22(20-38)9-11-23/h5-13,16-17,19H,14-15,18,21H2,1-4H3. The van der Waals surface area contributed by atoms with Crippen molar-refractivity contribution >= 4 is 17.0 Å². The Balaban J connectivity index is 1.40. The van der Waals surface area contributed by atoms with Gasteiger partial charge in [0.1, 0.15) is 29.7 Å². The highest BCUT2D eigenvalue weighted by Crippen LogP contribution is 2.28. The summed E-state index contributed by atoms with van der Waals surface area (Å²) in [5.74, 6) is -0.984. The van der Waals surface area contributed by atoms with E-state index >= 15 is 8.78 Å².